The van der Waals surface area contributed by atoms with Gasteiger partial charge in [0.15, 0.2) is 0 Å². The molecule has 0 aliphatic rings. The second-order valence-corrected chi connectivity index (χ2v) is 13.4. The maximum atomic E-state index is 2.34. The Morgan fingerprint density at radius 3 is 1.02 bits per heavy atom. The van der Waals surface area contributed by atoms with Crippen molar-refractivity contribution in [2.24, 2.45) is 0 Å². The molecule has 0 bridgehead atoms. The van der Waals surface area contributed by atoms with Crippen molar-refractivity contribution in [2.45, 2.75) is 0 Å². The lowest BCUT2D eigenvalue weighted by atomic mass is 9.92. The van der Waals surface area contributed by atoms with Gasteiger partial charge >= 0.3 is 0 Å². The van der Waals surface area contributed by atoms with Crippen LogP contribution in [0.4, 0.5) is 34.1 Å². The molecule has 0 aliphatic carbocycles. The number of rotatable bonds is 9. The Hall–Kier alpha value is -7.16. The first-order valence-electron chi connectivity index (χ1n) is 18.4. The molecular formula is C52H38N2. The van der Waals surface area contributed by atoms with E-state index >= 15 is 0 Å². The van der Waals surface area contributed by atoms with Crippen LogP contribution in [0.2, 0.25) is 0 Å². The van der Waals surface area contributed by atoms with Gasteiger partial charge in [-0.25, -0.2) is 0 Å². The molecule has 256 valence electrons. The van der Waals surface area contributed by atoms with Crippen LogP contribution in [-0.4, -0.2) is 0 Å². The van der Waals surface area contributed by atoms with Gasteiger partial charge in [0, 0.05) is 34.1 Å². The zero-order valence-corrected chi connectivity index (χ0v) is 29.8. The predicted octanol–water partition coefficient (Wildman–Crippen LogP) is 14.8. The van der Waals surface area contributed by atoms with Gasteiger partial charge in [0.2, 0.25) is 0 Å². The van der Waals surface area contributed by atoms with Gasteiger partial charge in [0.25, 0.3) is 0 Å². The van der Waals surface area contributed by atoms with E-state index in [2.05, 4.69) is 240 Å². The van der Waals surface area contributed by atoms with Gasteiger partial charge in [0.1, 0.15) is 0 Å². The second kappa shape index (κ2) is 14.8. The number of hydrogen-bond acceptors (Lipinski definition) is 2. The van der Waals surface area contributed by atoms with Crippen LogP contribution < -0.4 is 9.80 Å². The van der Waals surface area contributed by atoms with E-state index in [0.717, 1.165) is 34.1 Å². The number of anilines is 6. The lowest BCUT2D eigenvalue weighted by Crippen LogP contribution is -2.09. The Bertz CT molecular complexity index is 2560. The van der Waals surface area contributed by atoms with Gasteiger partial charge in [-0.2, -0.15) is 0 Å². The minimum atomic E-state index is 1.11. The molecule has 0 heterocycles. The van der Waals surface area contributed by atoms with Crippen LogP contribution in [0.15, 0.2) is 231 Å². The van der Waals surface area contributed by atoms with Crippen molar-refractivity contribution in [2.75, 3.05) is 9.80 Å². The van der Waals surface area contributed by atoms with Crippen molar-refractivity contribution in [3.8, 4) is 33.4 Å². The van der Waals surface area contributed by atoms with Crippen LogP contribution >= 0.6 is 0 Å². The highest BCUT2D eigenvalue weighted by atomic mass is 15.1. The summed E-state index contributed by atoms with van der Waals surface area (Å²) in [5.74, 6) is 0. The van der Waals surface area contributed by atoms with E-state index in [9.17, 15) is 0 Å². The number of fused-ring (bicyclic) bond motifs is 1. The molecule has 0 atom stereocenters. The lowest BCUT2D eigenvalue weighted by Gasteiger charge is -2.26. The third kappa shape index (κ3) is 6.65. The standard InChI is InChI=1S/C52H38N2/c1-5-15-39(16-6-1)40-25-31-49(32-26-40)54(47-22-11-4-12-23-47)50-35-29-42(30-36-50)52-38-44(37-43-17-13-14-24-51(43)52)41-27-33-48(34-28-41)53(45-18-7-2-8-19-45)46-20-9-3-10-21-46/h1-38H. The third-order valence-corrected chi connectivity index (χ3v) is 10.0. The first-order valence-corrected chi connectivity index (χ1v) is 18.4. The van der Waals surface area contributed by atoms with Gasteiger partial charge in [-0.15, -0.1) is 0 Å². The van der Waals surface area contributed by atoms with Gasteiger partial charge in [-0.1, -0.05) is 146 Å². The fourth-order valence-electron chi connectivity index (χ4n) is 7.37. The van der Waals surface area contributed by atoms with Crippen LogP contribution in [-0.2, 0) is 0 Å². The predicted molar refractivity (Wildman–Crippen MR) is 230 cm³/mol. The fraction of sp³-hybridized carbons (Fsp3) is 0. The van der Waals surface area contributed by atoms with Crippen molar-refractivity contribution >= 4 is 44.9 Å². The molecule has 2 heteroatoms. The van der Waals surface area contributed by atoms with Gasteiger partial charge < -0.3 is 9.80 Å². The van der Waals surface area contributed by atoms with E-state index in [1.165, 1.54) is 44.2 Å². The highest BCUT2D eigenvalue weighted by molar-refractivity contribution is 6.00. The van der Waals surface area contributed by atoms with E-state index < -0.39 is 0 Å². The molecule has 0 unspecified atom stereocenters. The highest BCUT2D eigenvalue weighted by Gasteiger charge is 2.16. The Kier molecular flexibility index (Phi) is 8.99. The second-order valence-electron chi connectivity index (χ2n) is 13.4. The summed E-state index contributed by atoms with van der Waals surface area (Å²) >= 11 is 0. The number of hydrogen-bond donors (Lipinski definition) is 0. The maximum Gasteiger partial charge on any atom is 0.0462 e. The SMILES string of the molecule is c1ccc(-c2ccc(N(c3ccccc3)c3ccc(-c4cc(-c5ccc(N(c6ccccc6)c6ccccc6)cc5)cc5ccccc45)cc3)cc2)cc1. The number of nitrogens with zero attached hydrogens (tertiary/aromatic N) is 2. The summed E-state index contributed by atoms with van der Waals surface area (Å²) in [6.45, 7) is 0. The molecular weight excluding hydrogens is 653 g/mol. The van der Waals surface area contributed by atoms with Crippen LogP contribution in [0.3, 0.4) is 0 Å². The molecule has 9 aromatic carbocycles. The molecule has 0 radical (unpaired) electrons. The van der Waals surface area contributed by atoms with Crippen molar-refractivity contribution in [1.82, 2.24) is 0 Å². The first-order chi connectivity index (χ1) is 26.8. The maximum absolute atomic E-state index is 2.34. The van der Waals surface area contributed by atoms with E-state index in [1.807, 2.05) is 0 Å². The summed E-state index contributed by atoms with van der Waals surface area (Å²) in [7, 11) is 0. The summed E-state index contributed by atoms with van der Waals surface area (Å²) < 4.78 is 0. The van der Waals surface area contributed by atoms with Crippen molar-refractivity contribution in [3.63, 3.8) is 0 Å². The zero-order chi connectivity index (χ0) is 36.1. The van der Waals surface area contributed by atoms with E-state index in [4.69, 9.17) is 0 Å². The highest BCUT2D eigenvalue weighted by Crippen LogP contribution is 2.40. The van der Waals surface area contributed by atoms with E-state index in [0.29, 0.717) is 0 Å². The zero-order valence-electron chi connectivity index (χ0n) is 29.8. The molecule has 9 aromatic rings. The Labute approximate surface area is 317 Å². The minimum Gasteiger partial charge on any atom is -0.311 e. The summed E-state index contributed by atoms with van der Waals surface area (Å²) in [6, 6.07) is 82.4. The summed E-state index contributed by atoms with van der Waals surface area (Å²) in [5.41, 5.74) is 13.9. The smallest absolute Gasteiger partial charge is 0.0462 e. The molecule has 0 N–H and O–H groups in total. The molecule has 0 aromatic heterocycles. The van der Waals surface area contributed by atoms with Crippen LogP contribution in [0.1, 0.15) is 0 Å². The van der Waals surface area contributed by atoms with Crippen molar-refractivity contribution < 1.29 is 0 Å². The number of benzene rings is 9. The average Bonchev–Trinajstić information content (AvgIpc) is 3.26. The Balaban J connectivity index is 1.07. The lowest BCUT2D eigenvalue weighted by molar-refractivity contribution is 1.28. The molecule has 0 saturated carbocycles. The van der Waals surface area contributed by atoms with Gasteiger partial charge in [0.05, 0.1) is 0 Å². The molecule has 0 amide bonds. The van der Waals surface area contributed by atoms with Crippen LogP contribution in [0.25, 0.3) is 44.2 Å². The Morgan fingerprint density at radius 1 is 0.222 bits per heavy atom. The largest absolute Gasteiger partial charge is 0.311 e. The third-order valence-electron chi connectivity index (χ3n) is 10.0. The summed E-state index contributed by atoms with van der Waals surface area (Å²) in [6.07, 6.45) is 0. The normalized spacial score (nSPS) is 11.0. The summed E-state index contributed by atoms with van der Waals surface area (Å²) in [4.78, 5) is 4.62. The van der Waals surface area contributed by atoms with Crippen LogP contribution in [0.5, 0.6) is 0 Å². The minimum absolute atomic E-state index is 1.11. The number of para-hydroxylation sites is 3. The van der Waals surface area contributed by atoms with Crippen molar-refractivity contribution in [3.05, 3.63) is 231 Å². The molecule has 0 aliphatic heterocycles. The molecule has 9 rings (SSSR count). The fourth-order valence-corrected chi connectivity index (χ4v) is 7.37. The molecule has 0 fully saturated rings. The average molecular weight is 691 g/mol. The van der Waals surface area contributed by atoms with Gasteiger partial charge in [-0.3, -0.25) is 0 Å². The van der Waals surface area contributed by atoms with Crippen LogP contribution in [0, 0.1) is 0 Å². The Morgan fingerprint density at radius 2 is 0.556 bits per heavy atom. The topological polar surface area (TPSA) is 6.48 Å². The molecule has 0 saturated heterocycles. The monoisotopic (exact) mass is 690 g/mol. The first kappa shape index (κ1) is 32.7. The van der Waals surface area contributed by atoms with E-state index in [-0.39, 0.29) is 0 Å². The van der Waals surface area contributed by atoms with Gasteiger partial charge in [-0.05, 0) is 129 Å². The summed E-state index contributed by atoms with van der Waals surface area (Å²) in [5, 5.41) is 2.46. The quantitative estimate of drug-likeness (QED) is 0.149. The van der Waals surface area contributed by atoms with E-state index in [1.54, 1.807) is 0 Å². The van der Waals surface area contributed by atoms with Crippen molar-refractivity contribution in [1.29, 1.82) is 0 Å². The molecule has 0 spiro atoms. The molecule has 54 heavy (non-hydrogen) atoms. The molecule has 2 nitrogen and oxygen atoms in total.